The lowest BCUT2D eigenvalue weighted by atomic mass is 10.1. The highest BCUT2D eigenvalue weighted by Gasteiger charge is 2.12. The minimum Gasteiger partial charge on any atom is -0.346 e. The second-order valence-electron chi connectivity index (χ2n) is 3.52. The average Bonchev–Trinajstić information content (AvgIpc) is 2.58. The molecule has 0 bridgehead atoms. The molecule has 0 aliphatic heterocycles. The molecular weight excluding hydrogens is 254 g/mol. The van der Waals surface area contributed by atoms with Gasteiger partial charge in [-0.05, 0) is 35.8 Å². The summed E-state index contributed by atoms with van der Waals surface area (Å²) in [4.78, 5) is 11.5. The number of benzene rings is 1. The number of carbonyl (C=O) groups excluding carboxylic acids is 1. The second-order valence-corrected chi connectivity index (χ2v) is 4.38. The molecule has 1 aromatic heterocycles. The van der Waals surface area contributed by atoms with E-state index in [-0.39, 0.29) is 5.78 Å². The predicted molar refractivity (Wildman–Crippen MR) is 65.3 cm³/mol. The number of rotatable bonds is 2. The van der Waals surface area contributed by atoms with Crippen LogP contribution in [0.15, 0.2) is 28.9 Å². The van der Waals surface area contributed by atoms with Gasteiger partial charge in [-0.2, -0.15) is 0 Å². The molecule has 0 radical (unpaired) electrons. The van der Waals surface area contributed by atoms with Crippen LogP contribution >= 0.6 is 15.9 Å². The van der Waals surface area contributed by atoms with Gasteiger partial charge in [-0.3, -0.25) is 4.79 Å². The zero-order valence-electron chi connectivity index (χ0n) is 8.75. The maximum absolute atomic E-state index is 11.5. The summed E-state index contributed by atoms with van der Waals surface area (Å²) >= 11 is 3.52. The Balaban J connectivity index is 2.87. The molecule has 0 atom stereocenters. The quantitative estimate of drug-likeness (QED) is 0.761. The number of aryl methyl sites for hydroxylation is 1. The lowest BCUT2D eigenvalue weighted by molar-refractivity contribution is 0.101. The Kier molecular flexibility index (Phi) is 2.65. The van der Waals surface area contributed by atoms with E-state index in [1.54, 1.807) is 6.92 Å². The molecule has 0 unspecified atom stereocenters. The number of Topliss-reactive ketones (excluding diaryl/α,β-unsaturated/α-hetero) is 1. The van der Waals surface area contributed by atoms with Crippen LogP contribution in [0.1, 0.15) is 24.2 Å². The van der Waals surface area contributed by atoms with Gasteiger partial charge in [0.25, 0.3) is 0 Å². The number of hydrogen-bond donors (Lipinski definition) is 0. The van der Waals surface area contributed by atoms with Crippen LogP contribution < -0.4 is 0 Å². The highest BCUT2D eigenvalue weighted by Crippen LogP contribution is 2.28. The van der Waals surface area contributed by atoms with Crippen molar-refractivity contribution in [2.24, 2.45) is 0 Å². The van der Waals surface area contributed by atoms with Crippen molar-refractivity contribution >= 4 is 32.6 Å². The highest BCUT2D eigenvalue weighted by atomic mass is 79.9. The van der Waals surface area contributed by atoms with Gasteiger partial charge >= 0.3 is 0 Å². The Morgan fingerprint density at radius 2 is 2.20 bits per heavy atom. The number of nitrogens with zero attached hydrogens (tertiary/aromatic N) is 1. The van der Waals surface area contributed by atoms with Gasteiger partial charge in [-0.25, -0.2) is 0 Å². The normalized spacial score (nSPS) is 10.9. The van der Waals surface area contributed by atoms with Crippen molar-refractivity contribution in [2.45, 2.75) is 20.4 Å². The van der Waals surface area contributed by atoms with Crippen molar-refractivity contribution in [1.29, 1.82) is 0 Å². The van der Waals surface area contributed by atoms with E-state index in [2.05, 4.69) is 27.4 Å². The Labute approximate surface area is 97.0 Å². The van der Waals surface area contributed by atoms with E-state index in [9.17, 15) is 4.79 Å². The Hall–Kier alpha value is -1.09. The molecule has 78 valence electrons. The van der Waals surface area contributed by atoms with Crippen LogP contribution in [-0.4, -0.2) is 10.4 Å². The first-order valence-electron chi connectivity index (χ1n) is 4.93. The van der Waals surface area contributed by atoms with Crippen LogP contribution in [0.4, 0.5) is 0 Å². The maximum atomic E-state index is 11.5. The molecule has 0 aliphatic carbocycles. The molecule has 0 saturated carbocycles. The predicted octanol–water partition coefficient (Wildman–Crippen LogP) is 3.63. The first kappa shape index (κ1) is 10.4. The molecule has 2 rings (SSSR count). The zero-order chi connectivity index (χ0) is 11.0. The first-order chi connectivity index (χ1) is 7.15. The molecule has 3 heteroatoms. The summed E-state index contributed by atoms with van der Waals surface area (Å²) in [6.45, 7) is 4.55. The third-order valence-corrected chi connectivity index (χ3v) is 3.21. The number of para-hydroxylation sites is 1. The molecule has 0 amide bonds. The van der Waals surface area contributed by atoms with E-state index in [0.29, 0.717) is 0 Å². The third-order valence-electron chi connectivity index (χ3n) is 2.57. The molecule has 2 aromatic rings. The molecule has 0 aliphatic rings. The fourth-order valence-corrected chi connectivity index (χ4v) is 2.44. The minimum atomic E-state index is 0.116. The van der Waals surface area contributed by atoms with E-state index >= 15 is 0 Å². The molecular formula is C12H12BrNO. The van der Waals surface area contributed by atoms with Crippen molar-refractivity contribution < 1.29 is 4.79 Å². The number of ketones is 1. The van der Waals surface area contributed by atoms with Crippen LogP contribution in [0.5, 0.6) is 0 Å². The fraction of sp³-hybridized carbons (Fsp3) is 0.250. The van der Waals surface area contributed by atoms with E-state index in [0.717, 1.165) is 27.5 Å². The van der Waals surface area contributed by atoms with Gasteiger partial charge in [0.1, 0.15) is 0 Å². The van der Waals surface area contributed by atoms with E-state index in [1.165, 1.54) is 0 Å². The molecule has 1 aromatic carbocycles. The Morgan fingerprint density at radius 1 is 1.47 bits per heavy atom. The molecule has 15 heavy (non-hydrogen) atoms. The summed E-state index contributed by atoms with van der Waals surface area (Å²) in [6, 6.07) is 5.94. The van der Waals surface area contributed by atoms with Gasteiger partial charge < -0.3 is 4.57 Å². The van der Waals surface area contributed by atoms with E-state index in [4.69, 9.17) is 0 Å². The summed E-state index contributed by atoms with van der Waals surface area (Å²) in [5.74, 6) is 0.116. The van der Waals surface area contributed by atoms with Crippen LogP contribution in [0.2, 0.25) is 0 Å². The second kappa shape index (κ2) is 3.81. The van der Waals surface area contributed by atoms with Crippen LogP contribution in [0.3, 0.4) is 0 Å². The molecule has 0 N–H and O–H groups in total. The summed E-state index contributed by atoms with van der Waals surface area (Å²) in [5.41, 5.74) is 1.90. The number of carbonyl (C=O) groups is 1. The van der Waals surface area contributed by atoms with Crippen LogP contribution in [0.25, 0.3) is 10.9 Å². The lowest BCUT2D eigenvalue weighted by Crippen LogP contribution is -1.92. The molecule has 2 nitrogen and oxygen atoms in total. The van der Waals surface area contributed by atoms with Gasteiger partial charge in [0.05, 0.1) is 5.52 Å². The summed E-state index contributed by atoms with van der Waals surface area (Å²) in [5, 5.41) is 1.03. The topological polar surface area (TPSA) is 22.0 Å². The summed E-state index contributed by atoms with van der Waals surface area (Å²) in [6.07, 6.45) is 1.93. The van der Waals surface area contributed by atoms with Gasteiger partial charge in [0, 0.05) is 28.2 Å². The monoisotopic (exact) mass is 265 g/mol. The van der Waals surface area contributed by atoms with Gasteiger partial charge in [-0.1, -0.05) is 12.1 Å². The zero-order valence-corrected chi connectivity index (χ0v) is 10.3. The summed E-state index contributed by atoms with van der Waals surface area (Å²) < 4.78 is 3.13. The van der Waals surface area contributed by atoms with Crippen molar-refractivity contribution in [3.05, 3.63) is 34.4 Å². The molecule has 0 spiro atoms. The largest absolute Gasteiger partial charge is 0.346 e. The van der Waals surface area contributed by atoms with Crippen molar-refractivity contribution in [3.63, 3.8) is 0 Å². The number of hydrogen-bond acceptors (Lipinski definition) is 1. The smallest absolute Gasteiger partial charge is 0.161 e. The van der Waals surface area contributed by atoms with Crippen LogP contribution in [0, 0.1) is 0 Å². The van der Waals surface area contributed by atoms with Crippen LogP contribution in [-0.2, 0) is 6.54 Å². The fourth-order valence-electron chi connectivity index (χ4n) is 1.84. The van der Waals surface area contributed by atoms with Gasteiger partial charge in [0.2, 0.25) is 0 Å². The van der Waals surface area contributed by atoms with E-state index in [1.807, 2.05) is 24.4 Å². The highest BCUT2D eigenvalue weighted by molar-refractivity contribution is 9.10. The Bertz CT molecular complexity index is 528. The van der Waals surface area contributed by atoms with E-state index < -0.39 is 0 Å². The number of aromatic nitrogens is 1. The standard InChI is InChI=1S/C12H12BrNO/c1-3-14-7-10(8(2)15)9-5-4-6-11(13)12(9)14/h4-7H,3H2,1-2H3. The third kappa shape index (κ3) is 1.61. The molecule has 0 saturated heterocycles. The molecule has 1 heterocycles. The average molecular weight is 266 g/mol. The first-order valence-corrected chi connectivity index (χ1v) is 5.72. The number of halogens is 1. The Morgan fingerprint density at radius 3 is 2.80 bits per heavy atom. The summed E-state index contributed by atoms with van der Waals surface area (Å²) in [7, 11) is 0. The lowest BCUT2D eigenvalue weighted by Gasteiger charge is -2.01. The SMILES string of the molecule is CCn1cc(C(C)=O)c2cccc(Br)c21. The maximum Gasteiger partial charge on any atom is 0.161 e. The van der Waals surface area contributed by atoms with Gasteiger partial charge in [0.15, 0.2) is 5.78 Å². The van der Waals surface area contributed by atoms with Crippen molar-refractivity contribution in [2.75, 3.05) is 0 Å². The van der Waals surface area contributed by atoms with Crippen molar-refractivity contribution in [3.8, 4) is 0 Å². The number of fused-ring (bicyclic) bond motifs is 1. The molecule has 0 fully saturated rings. The van der Waals surface area contributed by atoms with Gasteiger partial charge in [-0.15, -0.1) is 0 Å². The minimum absolute atomic E-state index is 0.116. The van der Waals surface area contributed by atoms with Crippen molar-refractivity contribution in [1.82, 2.24) is 4.57 Å².